The van der Waals surface area contributed by atoms with Crippen LogP contribution in [0.4, 0.5) is 10.5 Å². The maximum Gasteiger partial charge on any atom is 0.409 e. The van der Waals surface area contributed by atoms with Gasteiger partial charge in [-0.05, 0) is 6.92 Å². The van der Waals surface area contributed by atoms with Crippen LogP contribution in [0, 0.1) is 6.92 Å². The lowest BCUT2D eigenvalue weighted by molar-refractivity contribution is 0.209. The highest BCUT2D eigenvalue weighted by molar-refractivity contribution is 6.31. The maximum absolute atomic E-state index is 10.4. The van der Waals surface area contributed by atoms with Gasteiger partial charge in [0.15, 0.2) is 10.9 Å². The minimum Gasteiger partial charge on any atom is -0.493 e. The smallest absolute Gasteiger partial charge is 0.409 e. The zero-order chi connectivity index (χ0) is 10.7. The second-order valence-electron chi connectivity index (χ2n) is 2.55. The number of halogens is 1. The van der Waals surface area contributed by atoms with E-state index >= 15 is 0 Å². The lowest BCUT2D eigenvalue weighted by Gasteiger charge is -2.10. The average molecular weight is 217 g/mol. The molecule has 0 bridgehead atoms. The molecular formula is C8H9ClN2O3. The van der Waals surface area contributed by atoms with Gasteiger partial charge in [0.05, 0.1) is 19.0 Å². The predicted octanol–water partition coefficient (Wildman–Crippen LogP) is 2.14. The van der Waals surface area contributed by atoms with Crippen molar-refractivity contribution in [2.75, 3.05) is 12.4 Å². The van der Waals surface area contributed by atoms with Gasteiger partial charge in [-0.1, -0.05) is 11.6 Å². The Labute approximate surface area is 85.7 Å². The molecule has 0 atom stereocenters. The van der Waals surface area contributed by atoms with Crippen LogP contribution in [-0.4, -0.2) is 23.3 Å². The van der Waals surface area contributed by atoms with E-state index in [2.05, 4.69) is 10.3 Å². The number of carbonyl (C=O) groups is 1. The summed E-state index contributed by atoms with van der Waals surface area (Å²) in [6.45, 7) is 1.69. The molecule has 0 aliphatic heterocycles. The topological polar surface area (TPSA) is 71.5 Å². The molecule has 0 unspecified atom stereocenters. The van der Waals surface area contributed by atoms with Crippen molar-refractivity contribution in [3.05, 3.63) is 16.9 Å². The molecule has 5 nitrogen and oxygen atoms in total. The Bertz CT molecular complexity index is 368. The van der Waals surface area contributed by atoms with Gasteiger partial charge in [0.2, 0.25) is 0 Å². The fourth-order valence-corrected chi connectivity index (χ4v) is 1.30. The molecule has 1 heterocycles. The van der Waals surface area contributed by atoms with Crippen molar-refractivity contribution >= 4 is 23.4 Å². The number of carboxylic acid groups (broad SMARTS) is 1. The molecule has 76 valence electrons. The monoisotopic (exact) mass is 216 g/mol. The number of hydrogen-bond donors (Lipinski definition) is 2. The van der Waals surface area contributed by atoms with E-state index in [9.17, 15) is 4.79 Å². The summed E-state index contributed by atoms with van der Waals surface area (Å²) < 4.78 is 4.97. The van der Waals surface area contributed by atoms with Crippen molar-refractivity contribution in [1.29, 1.82) is 0 Å². The van der Waals surface area contributed by atoms with Gasteiger partial charge in [0.1, 0.15) is 0 Å². The first kappa shape index (κ1) is 10.6. The third-order valence-corrected chi connectivity index (χ3v) is 1.95. The van der Waals surface area contributed by atoms with Gasteiger partial charge >= 0.3 is 6.09 Å². The highest BCUT2D eigenvalue weighted by Crippen LogP contribution is 2.30. The molecule has 0 fully saturated rings. The summed E-state index contributed by atoms with van der Waals surface area (Å²) in [5.74, 6) is 0.373. The van der Waals surface area contributed by atoms with Crippen LogP contribution in [0.15, 0.2) is 6.20 Å². The molecule has 0 radical (unpaired) electrons. The molecule has 2 N–H and O–H groups in total. The van der Waals surface area contributed by atoms with Crippen molar-refractivity contribution in [3.8, 4) is 5.75 Å². The molecule has 14 heavy (non-hydrogen) atoms. The highest BCUT2D eigenvalue weighted by atomic mass is 35.5. The Morgan fingerprint density at radius 3 is 2.86 bits per heavy atom. The first-order valence-corrected chi connectivity index (χ1v) is 4.13. The van der Waals surface area contributed by atoms with E-state index in [4.69, 9.17) is 21.4 Å². The molecule has 0 spiro atoms. The third-order valence-electron chi connectivity index (χ3n) is 1.68. The second-order valence-corrected chi connectivity index (χ2v) is 2.91. The van der Waals surface area contributed by atoms with Crippen molar-refractivity contribution < 1.29 is 14.6 Å². The normalized spacial score (nSPS) is 9.64. The number of aromatic nitrogens is 1. The first-order valence-electron chi connectivity index (χ1n) is 3.75. The number of nitrogens with zero attached hydrogens (tertiary/aromatic N) is 1. The summed E-state index contributed by atoms with van der Waals surface area (Å²) in [6.07, 6.45) is 0.188. The molecule has 0 aromatic carbocycles. The summed E-state index contributed by atoms with van der Waals surface area (Å²) in [5.41, 5.74) is 0.966. The largest absolute Gasteiger partial charge is 0.493 e. The van der Waals surface area contributed by atoms with Gasteiger partial charge in [-0.25, -0.2) is 9.78 Å². The minimum atomic E-state index is -1.15. The molecule has 0 saturated heterocycles. The van der Waals surface area contributed by atoms with Crippen LogP contribution in [-0.2, 0) is 0 Å². The van der Waals surface area contributed by atoms with Gasteiger partial charge in [-0.15, -0.1) is 0 Å². The number of ether oxygens (including phenoxy) is 1. The molecule has 1 aromatic heterocycles. The Balaban J connectivity index is 3.14. The van der Waals surface area contributed by atoms with Crippen molar-refractivity contribution in [1.82, 2.24) is 4.98 Å². The van der Waals surface area contributed by atoms with Crippen molar-refractivity contribution in [2.45, 2.75) is 6.92 Å². The van der Waals surface area contributed by atoms with Crippen LogP contribution < -0.4 is 10.1 Å². The van der Waals surface area contributed by atoms with Gasteiger partial charge in [0.25, 0.3) is 0 Å². The Morgan fingerprint density at radius 1 is 1.71 bits per heavy atom. The highest BCUT2D eigenvalue weighted by Gasteiger charge is 2.11. The van der Waals surface area contributed by atoms with Crippen molar-refractivity contribution in [2.24, 2.45) is 0 Å². The number of rotatable bonds is 2. The predicted molar refractivity (Wildman–Crippen MR) is 52.2 cm³/mol. The fourth-order valence-electron chi connectivity index (χ4n) is 1.03. The number of nitrogens with one attached hydrogen (secondary N) is 1. The third kappa shape index (κ3) is 2.05. The van der Waals surface area contributed by atoms with Crippen LogP contribution in [0.3, 0.4) is 0 Å². The zero-order valence-corrected chi connectivity index (χ0v) is 8.42. The quantitative estimate of drug-likeness (QED) is 0.743. The Kier molecular flexibility index (Phi) is 3.14. The standard InChI is InChI=1S/C8H9ClN2O3/c1-4-5(11-8(12)13)3-10-7(9)6(4)14-2/h3,11H,1-2H3,(H,12,13). The number of pyridine rings is 1. The molecule has 1 amide bonds. The summed E-state index contributed by atoms with van der Waals surface area (Å²) in [4.78, 5) is 14.2. The summed E-state index contributed by atoms with van der Waals surface area (Å²) in [7, 11) is 1.44. The summed E-state index contributed by atoms with van der Waals surface area (Å²) in [5, 5.41) is 10.9. The fraction of sp³-hybridized carbons (Fsp3) is 0.250. The van der Waals surface area contributed by atoms with E-state index in [1.165, 1.54) is 13.3 Å². The van der Waals surface area contributed by atoms with Crippen LogP contribution in [0.2, 0.25) is 5.15 Å². The van der Waals surface area contributed by atoms with Gasteiger partial charge < -0.3 is 9.84 Å². The molecule has 1 aromatic rings. The Hall–Kier alpha value is -1.49. The SMILES string of the molecule is COc1c(Cl)ncc(NC(=O)O)c1C. The van der Waals surface area contributed by atoms with E-state index in [1.54, 1.807) is 6.92 Å². The van der Waals surface area contributed by atoms with Gasteiger partial charge in [0, 0.05) is 5.56 Å². The van der Waals surface area contributed by atoms with E-state index in [-0.39, 0.29) is 5.15 Å². The summed E-state index contributed by atoms with van der Waals surface area (Å²) >= 11 is 5.73. The lowest BCUT2D eigenvalue weighted by atomic mass is 10.2. The number of amides is 1. The first-order chi connectivity index (χ1) is 6.56. The average Bonchev–Trinajstić information content (AvgIpc) is 2.10. The minimum absolute atomic E-state index is 0.209. The van der Waals surface area contributed by atoms with Crippen LogP contribution >= 0.6 is 11.6 Å². The van der Waals surface area contributed by atoms with E-state index in [1.807, 2.05) is 0 Å². The van der Waals surface area contributed by atoms with Crippen LogP contribution in [0.5, 0.6) is 5.75 Å². The second kappa shape index (κ2) is 4.15. The molecule has 6 heteroatoms. The lowest BCUT2D eigenvalue weighted by Crippen LogP contribution is -2.09. The van der Waals surface area contributed by atoms with Gasteiger partial charge in [-0.2, -0.15) is 0 Å². The Morgan fingerprint density at radius 2 is 2.36 bits per heavy atom. The van der Waals surface area contributed by atoms with Crippen molar-refractivity contribution in [3.63, 3.8) is 0 Å². The molecular weight excluding hydrogens is 208 g/mol. The van der Waals surface area contributed by atoms with E-state index in [0.717, 1.165) is 0 Å². The van der Waals surface area contributed by atoms with Crippen LogP contribution in [0.1, 0.15) is 5.56 Å². The van der Waals surface area contributed by atoms with Crippen LogP contribution in [0.25, 0.3) is 0 Å². The molecule has 0 aliphatic rings. The van der Waals surface area contributed by atoms with Gasteiger partial charge in [-0.3, -0.25) is 5.32 Å². The molecule has 0 saturated carbocycles. The zero-order valence-electron chi connectivity index (χ0n) is 7.67. The number of methoxy groups -OCH3 is 1. The maximum atomic E-state index is 10.4. The summed E-state index contributed by atoms with van der Waals surface area (Å²) in [6, 6.07) is 0. The molecule has 1 rings (SSSR count). The number of hydrogen-bond acceptors (Lipinski definition) is 3. The van der Waals surface area contributed by atoms with E-state index in [0.29, 0.717) is 17.0 Å². The molecule has 0 aliphatic carbocycles. The number of anilines is 1. The van der Waals surface area contributed by atoms with E-state index < -0.39 is 6.09 Å².